The van der Waals surface area contributed by atoms with Gasteiger partial charge in [-0.05, 0) is 49.8 Å². The molecule has 2 aromatic rings. The first-order valence-corrected chi connectivity index (χ1v) is 17.1. The van der Waals surface area contributed by atoms with Gasteiger partial charge in [0.05, 0.1) is 22.4 Å². The Morgan fingerprint density at radius 1 is 0.955 bits per heavy atom. The number of amides is 1. The molecule has 3 aliphatic heterocycles. The van der Waals surface area contributed by atoms with Crippen molar-refractivity contribution in [3.05, 3.63) is 59.7 Å². The quantitative estimate of drug-likeness (QED) is 0.404. The van der Waals surface area contributed by atoms with E-state index < -0.39 is 72.3 Å². The Labute approximate surface area is 249 Å². The fourth-order valence-corrected chi connectivity index (χ4v) is 10.4. The number of likely N-dealkylation sites (tertiary alicyclic amines) is 1. The Kier molecular flexibility index (Phi) is 8.04. The first-order chi connectivity index (χ1) is 20.3. The first-order valence-electron chi connectivity index (χ1n) is 13.7. The molecule has 44 heavy (non-hydrogen) atoms. The van der Waals surface area contributed by atoms with Gasteiger partial charge in [0.25, 0.3) is 0 Å². The molecule has 0 bridgehead atoms. The number of sulfone groups is 2. The molecular formula is C28H28F7NO6S2. The molecule has 0 spiro atoms. The second-order valence-corrected chi connectivity index (χ2v) is 15.9. The molecule has 0 radical (unpaired) electrons. The normalized spacial score (nSPS) is 25.8. The molecular weight excluding hydrogens is 643 g/mol. The van der Waals surface area contributed by atoms with Crippen LogP contribution in [0.2, 0.25) is 0 Å². The summed E-state index contributed by atoms with van der Waals surface area (Å²) < 4.78 is 152. The van der Waals surface area contributed by atoms with Gasteiger partial charge in [0.2, 0.25) is 5.91 Å². The summed E-state index contributed by atoms with van der Waals surface area (Å²) in [7, 11) is -7.73. The number of carbonyl (C=O) groups is 1. The molecule has 0 N–H and O–H groups in total. The van der Waals surface area contributed by atoms with Crippen LogP contribution in [0.1, 0.15) is 43.2 Å². The van der Waals surface area contributed by atoms with Crippen LogP contribution in [0, 0.1) is 5.92 Å². The Morgan fingerprint density at radius 2 is 1.61 bits per heavy atom. The highest BCUT2D eigenvalue weighted by atomic mass is 32.2. The van der Waals surface area contributed by atoms with Crippen molar-refractivity contribution in [2.45, 2.75) is 65.8 Å². The zero-order valence-electron chi connectivity index (χ0n) is 23.0. The Bertz CT molecular complexity index is 1630. The summed E-state index contributed by atoms with van der Waals surface area (Å²) in [5.41, 5.74) is -7.87. The monoisotopic (exact) mass is 671 g/mol. The molecule has 242 valence electrons. The minimum Gasteiger partial charge on any atom is -0.491 e. The minimum atomic E-state index is -6.39. The summed E-state index contributed by atoms with van der Waals surface area (Å²) in [5.74, 6) is -1.53. The van der Waals surface area contributed by atoms with Gasteiger partial charge in [0, 0.05) is 24.1 Å². The summed E-state index contributed by atoms with van der Waals surface area (Å²) in [6, 6.07) is 6.93. The van der Waals surface area contributed by atoms with E-state index >= 15 is 0 Å². The van der Waals surface area contributed by atoms with Crippen molar-refractivity contribution < 1.29 is 57.1 Å². The number of rotatable bonds is 5. The molecule has 0 aliphatic carbocycles. The van der Waals surface area contributed by atoms with Crippen LogP contribution in [0.3, 0.4) is 0 Å². The van der Waals surface area contributed by atoms with Crippen LogP contribution in [-0.4, -0.2) is 70.7 Å². The maximum absolute atomic E-state index is 14.9. The van der Waals surface area contributed by atoms with Crippen molar-refractivity contribution in [1.29, 1.82) is 0 Å². The lowest BCUT2D eigenvalue weighted by molar-refractivity contribution is -0.348. The highest BCUT2D eigenvalue weighted by molar-refractivity contribution is 7.92. The smallest absolute Gasteiger partial charge is 0.435 e. The van der Waals surface area contributed by atoms with E-state index in [2.05, 4.69) is 0 Å². The molecule has 2 fully saturated rings. The number of alkyl halides is 7. The Hall–Kier alpha value is -2.88. The number of carbonyl (C=O) groups excluding carboxylic acids is 1. The minimum absolute atomic E-state index is 0.00207. The second-order valence-electron chi connectivity index (χ2n) is 11.4. The van der Waals surface area contributed by atoms with E-state index in [1.807, 2.05) is 0 Å². The number of benzene rings is 2. The fraction of sp³-hybridized carbons (Fsp3) is 0.536. The number of fused-ring (bicyclic) bond motifs is 3. The lowest BCUT2D eigenvalue weighted by atomic mass is 9.85. The van der Waals surface area contributed by atoms with E-state index in [1.54, 1.807) is 6.07 Å². The average Bonchev–Trinajstić information content (AvgIpc) is 3.28. The van der Waals surface area contributed by atoms with Crippen LogP contribution < -0.4 is 4.74 Å². The van der Waals surface area contributed by atoms with Crippen molar-refractivity contribution in [3.8, 4) is 5.75 Å². The van der Waals surface area contributed by atoms with Gasteiger partial charge in [-0.15, -0.1) is 0 Å². The first kappa shape index (κ1) is 32.5. The summed E-state index contributed by atoms with van der Waals surface area (Å²) in [5, 5.41) is 0. The van der Waals surface area contributed by atoms with E-state index in [9.17, 15) is 52.4 Å². The van der Waals surface area contributed by atoms with E-state index in [-0.39, 0.29) is 65.8 Å². The maximum atomic E-state index is 14.9. The summed E-state index contributed by atoms with van der Waals surface area (Å²) in [6.07, 6.45) is -12.1. The highest BCUT2D eigenvalue weighted by Crippen LogP contribution is 2.57. The lowest BCUT2D eigenvalue weighted by Crippen LogP contribution is -2.55. The molecule has 3 heterocycles. The topological polar surface area (TPSA) is 97.8 Å². The zero-order chi connectivity index (χ0) is 32.3. The third-order valence-electron chi connectivity index (χ3n) is 8.87. The zero-order valence-corrected chi connectivity index (χ0v) is 24.6. The van der Waals surface area contributed by atoms with Crippen LogP contribution in [0.5, 0.6) is 5.75 Å². The number of hydrogen-bond acceptors (Lipinski definition) is 6. The number of hydrogen-bond donors (Lipinski definition) is 0. The SMILES string of the molecule is O=C(CC1CCCS(=O)(=O)CC1)N1CCC2(S(=O)(=O)c3ccccc3)c3ccc(C(F)(C(F)(F)F)C(F)(F)F)cc3OCC12. The predicted molar refractivity (Wildman–Crippen MR) is 143 cm³/mol. The molecule has 3 atom stereocenters. The van der Waals surface area contributed by atoms with Gasteiger partial charge in [0.1, 0.15) is 26.9 Å². The molecule has 0 aromatic heterocycles. The van der Waals surface area contributed by atoms with Crippen LogP contribution >= 0.6 is 0 Å². The van der Waals surface area contributed by atoms with Crippen LogP contribution in [0.25, 0.3) is 0 Å². The van der Waals surface area contributed by atoms with Gasteiger partial charge in [-0.1, -0.05) is 30.3 Å². The Balaban J connectivity index is 1.59. The summed E-state index contributed by atoms with van der Waals surface area (Å²) in [4.78, 5) is 14.7. The summed E-state index contributed by atoms with van der Waals surface area (Å²) >= 11 is 0. The maximum Gasteiger partial charge on any atom is 0.435 e. The highest BCUT2D eigenvalue weighted by Gasteiger charge is 2.74. The van der Waals surface area contributed by atoms with E-state index in [0.29, 0.717) is 18.9 Å². The van der Waals surface area contributed by atoms with E-state index in [4.69, 9.17) is 4.74 Å². The van der Waals surface area contributed by atoms with Gasteiger partial charge < -0.3 is 9.64 Å². The molecule has 0 saturated carbocycles. The van der Waals surface area contributed by atoms with Crippen molar-refractivity contribution in [2.75, 3.05) is 24.7 Å². The van der Waals surface area contributed by atoms with Crippen molar-refractivity contribution in [3.63, 3.8) is 0 Å². The average molecular weight is 672 g/mol. The third-order valence-corrected chi connectivity index (χ3v) is 13.2. The Morgan fingerprint density at radius 3 is 2.25 bits per heavy atom. The third kappa shape index (κ3) is 5.14. The molecule has 3 unspecified atom stereocenters. The largest absolute Gasteiger partial charge is 0.491 e. The van der Waals surface area contributed by atoms with Crippen LogP contribution in [0.4, 0.5) is 30.7 Å². The van der Waals surface area contributed by atoms with Crippen molar-refractivity contribution in [2.24, 2.45) is 5.92 Å². The van der Waals surface area contributed by atoms with Gasteiger partial charge in [-0.2, -0.15) is 26.3 Å². The van der Waals surface area contributed by atoms with Gasteiger partial charge in [-0.3, -0.25) is 4.79 Å². The van der Waals surface area contributed by atoms with Gasteiger partial charge in [0.15, 0.2) is 9.84 Å². The fourth-order valence-electron chi connectivity index (χ4n) is 6.58. The van der Waals surface area contributed by atoms with Crippen LogP contribution in [0.15, 0.2) is 53.4 Å². The van der Waals surface area contributed by atoms with Gasteiger partial charge >= 0.3 is 18.0 Å². The molecule has 1 amide bonds. The van der Waals surface area contributed by atoms with E-state index in [1.165, 1.54) is 29.2 Å². The standard InChI is InChI=1S/C28H28F7NO6S2/c29-26(27(30,31)32,28(33,34)35)19-8-9-21-22(16-19)42-17-23-25(21,44(40,41)20-6-2-1-3-7-20)11-12-36(23)24(37)15-18-5-4-13-43(38,39)14-10-18/h1-3,6-9,16,18,23H,4-5,10-15,17H2. The predicted octanol–water partition coefficient (Wildman–Crippen LogP) is 5.24. The van der Waals surface area contributed by atoms with Crippen molar-refractivity contribution in [1.82, 2.24) is 4.90 Å². The number of ether oxygens (including phenoxy) is 1. The molecule has 3 aliphatic rings. The number of nitrogens with zero attached hydrogens (tertiary/aromatic N) is 1. The summed E-state index contributed by atoms with van der Waals surface area (Å²) in [6.45, 7) is -0.742. The molecule has 2 aromatic carbocycles. The van der Waals surface area contributed by atoms with E-state index in [0.717, 1.165) is 0 Å². The second kappa shape index (κ2) is 10.9. The number of halogens is 7. The van der Waals surface area contributed by atoms with Crippen molar-refractivity contribution >= 4 is 25.6 Å². The molecule has 5 rings (SSSR count). The molecule has 7 nitrogen and oxygen atoms in total. The lowest BCUT2D eigenvalue weighted by Gasteiger charge is -2.42. The molecule has 16 heteroatoms. The van der Waals surface area contributed by atoms with Gasteiger partial charge in [-0.25, -0.2) is 21.2 Å². The van der Waals surface area contributed by atoms with Crippen LogP contribution in [-0.2, 0) is 34.9 Å². The molecule has 2 saturated heterocycles.